The van der Waals surface area contributed by atoms with Gasteiger partial charge in [-0.05, 0) is 70.1 Å². The van der Waals surface area contributed by atoms with Crippen LogP contribution in [-0.2, 0) is 15.7 Å². The molecule has 1 aliphatic carbocycles. The lowest BCUT2D eigenvalue weighted by Gasteiger charge is -2.42. The predicted octanol–water partition coefficient (Wildman–Crippen LogP) is 4.00. The fourth-order valence-corrected chi connectivity index (χ4v) is 5.66. The molecule has 1 atom stereocenters. The summed E-state index contributed by atoms with van der Waals surface area (Å²) in [6.45, 7) is 2.95. The minimum absolute atomic E-state index is 0.00154. The second-order valence-electron chi connectivity index (χ2n) is 9.47. The molecule has 33 heavy (non-hydrogen) atoms. The van der Waals surface area contributed by atoms with Crippen molar-refractivity contribution in [2.45, 2.75) is 70.2 Å². The first-order chi connectivity index (χ1) is 15.6. The van der Waals surface area contributed by atoms with Crippen LogP contribution in [0.2, 0.25) is 0 Å². The molecule has 4 rings (SSSR count). The van der Waals surface area contributed by atoms with Gasteiger partial charge in [-0.15, -0.1) is 0 Å². The summed E-state index contributed by atoms with van der Waals surface area (Å²) in [5, 5.41) is 9.78. The first kappa shape index (κ1) is 23.9. The summed E-state index contributed by atoms with van der Waals surface area (Å²) in [4.78, 5) is 29.1. The van der Waals surface area contributed by atoms with Crippen molar-refractivity contribution >= 4 is 17.6 Å². The van der Waals surface area contributed by atoms with E-state index in [1.54, 1.807) is 11.8 Å². The van der Waals surface area contributed by atoms with E-state index in [-0.39, 0.29) is 42.5 Å². The van der Waals surface area contributed by atoms with E-state index in [0.717, 1.165) is 18.9 Å². The fraction of sp³-hybridized carbons (Fsp3) is 0.667. The van der Waals surface area contributed by atoms with Gasteiger partial charge in [0.15, 0.2) is 0 Å². The van der Waals surface area contributed by atoms with E-state index < -0.39 is 23.1 Å². The maximum Gasteiger partial charge on any atom is 0.418 e. The van der Waals surface area contributed by atoms with E-state index in [1.807, 2.05) is 4.90 Å². The number of ether oxygens (including phenoxy) is 1. The molecular formula is C24H31F3N2O4. The number of hydrogen-bond acceptors (Lipinski definition) is 5. The Morgan fingerprint density at radius 3 is 2.58 bits per heavy atom. The number of carbonyl (C=O) groups excluding carboxylic acids is 2. The standard InChI is InChI=1S/C24H31F3N2O4/c1-2-33-21(31)16-4-9-20(19(14-16)24(25,26)27)28-12-3-10-23(15-28)11-13-29(22(23)32)17-5-7-18(30)8-6-17/h4,9,14,17-18,30H,2-3,5-8,10-13,15H2,1H3/t17?,18?,23-/m1/s1. The predicted molar refractivity (Wildman–Crippen MR) is 116 cm³/mol. The molecule has 1 saturated carbocycles. The van der Waals surface area contributed by atoms with Gasteiger partial charge in [-0.1, -0.05) is 0 Å². The summed E-state index contributed by atoms with van der Waals surface area (Å²) >= 11 is 0. The third-order valence-electron chi connectivity index (χ3n) is 7.38. The molecule has 182 valence electrons. The van der Waals surface area contributed by atoms with Crippen LogP contribution in [0.15, 0.2) is 18.2 Å². The molecule has 1 spiro atoms. The molecule has 0 unspecified atom stereocenters. The highest BCUT2D eigenvalue weighted by molar-refractivity contribution is 5.90. The summed E-state index contributed by atoms with van der Waals surface area (Å²) in [6, 6.07) is 3.64. The van der Waals surface area contributed by atoms with E-state index in [1.165, 1.54) is 12.1 Å². The van der Waals surface area contributed by atoms with Gasteiger partial charge in [0.25, 0.3) is 0 Å². The van der Waals surface area contributed by atoms with E-state index >= 15 is 0 Å². The van der Waals surface area contributed by atoms with Gasteiger partial charge in [-0.25, -0.2) is 4.79 Å². The van der Waals surface area contributed by atoms with Crippen molar-refractivity contribution in [1.82, 2.24) is 4.90 Å². The lowest BCUT2D eigenvalue weighted by atomic mass is 9.78. The van der Waals surface area contributed by atoms with Gasteiger partial charge < -0.3 is 19.6 Å². The van der Waals surface area contributed by atoms with Gasteiger partial charge >= 0.3 is 12.1 Å². The Bertz CT molecular complexity index is 898. The highest BCUT2D eigenvalue weighted by Crippen LogP contribution is 2.45. The maximum absolute atomic E-state index is 13.9. The zero-order valence-electron chi connectivity index (χ0n) is 18.9. The number of rotatable bonds is 4. The van der Waals surface area contributed by atoms with Crippen LogP contribution in [-0.4, -0.2) is 60.3 Å². The number of aliphatic hydroxyl groups is 1. The van der Waals surface area contributed by atoms with E-state index in [9.17, 15) is 27.9 Å². The van der Waals surface area contributed by atoms with Gasteiger partial charge in [0.05, 0.1) is 29.3 Å². The molecule has 9 heteroatoms. The molecule has 2 saturated heterocycles. The Morgan fingerprint density at radius 2 is 1.91 bits per heavy atom. The second kappa shape index (κ2) is 9.16. The van der Waals surface area contributed by atoms with Crippen molar-refractivity contribution in [1.29, 1.82) is 0 Å². The van der Waals surface area contributed by atoms with Crippen molar-refractivity contribution in [3.63, 3.8) is 0 Å². The number of nitrogens with zero attached hydrogens (tertiary/aromatic N) is 2. The van der Waals surface area contributed by atoms with E-state index in [2.05, 4.69) is 0 Å². The molecule has 1 aromatic rings. The Labute approximate surface area is 191 Å². The number of carbonyl (C=O) groups is 2. The molecule has 1 aromatic carbocycles. The summed E-state index contributed by atoms with van der Waals surface area (Å²) < 4.78 is 46.7. The zero-order chi connectivity index (χ0) is 23.8. The van der Waals surface area contributed by atoms with Crippen LogP contribution in [0.5, 0.6) is 0 Å². The number of piperidine rings is 1. The van der Waals surface area contributed by atoms with E-state index in [0.29, 0.717) is 45.2 Å². The highest BCUT2D eigenvalue weighted by atomic mass is 19.4. The van der Waals surface area contributed by atoms with Crippen LogP contribution >= 0.6 is 0 Å². The molecule has 2 aliphatic heterocycles. The minimum atomic E-state index is -4.64. The molecule has 3 aliphatic rings. The van der Waals surface area contributed by atoms with Gasteiger partial charge in [-0.2, -0.15) is 13.2 Å². The third-order valence-corrected chi connectivity index (χ3v) is 7.38. The molecule has 3 fully saturated rings. The van der Waals surface area contributed by atoms with Crippen LogP contribution in [0.25, 0.3) is 0 Å². The number of esters is 1. The van der Waals surface area contributed by atoms with Gasteiger partial charge in [0, 0.05) is 31.4 Å². The smallest absolute Gasteiger partial charge is 0.418 e. The zero-order valence-corrected chi connectivity index (χ0v) is 18.9. The van der Waals surface area contributed by atoms with Crippen LogP contribution in [0.3, 0.4) is 0 Å². The summed E-state index contributed by atoms with van der Waals surface area (Å²) in [6.07, 6.45) is -0.154. The average molecular weight is 469 g/mol. The van der Waals surface area contributed by atoms with Crippen molar-refractivity contribution in [3.8, 4) is 0 Å². The highest BCUT2D eigenvalue weighted by Gasteiger charge is 2.51. The summed E-state index contributed by atoms with van der Waals surface area (Å²) in [5.74, 6) is -0.755. The molecule has 6 nitrogen and oxygen atoms in total. The van der Waals surface area contributed by atoms with Gasteiger partial charge in [-0.3, -0.25) is 4.79 Å². The molecule has 1 amide bonds. The van der Waals surface area contributed by atoms with Crippen LogP contribution in [0.1, 0.15) is 67.8 Å². The number of amides is 1. The number of anilines is 1. The normalized spacial score (nSPS) is 28.5. The number of hydrogen-bond donors (Lipinski definition) is 1. The molecule has 2 heterocycles. The molecular weight excluding hydrogens is 437 g/mol. The van der Waals surface area contributed by atoms with Crippen LogP contribution in [0.4, 0.5) is 18.9 Å². The Morgan fingerprint density at radius 1 is 1.18 bits per heavy atom. The van der Waals surface area contributed by atoms with Crippen LogP contribution < -0.4 is 4.90 Å². The van der Waals surface area contributed by atoms with Crippen molar-refractivity contribution in [2.75, 3.05) is 31.1 Å². The molecule has 0 radical (unpaired) electrons. The van der Waals surface area contributed by atoms with Crippen molar-refractivity contribution in [3.05, 3.63) is 29.3 Å². The van der Waals surface area contributed by atoms with Crippen molar-refractivity contribution < 1.29 is 32.6 Å². The number of likely N-dealkylation sites (tertiary alicyclic amines) is 1. The second-order valence-corrected chi connectivity index (χ2v) is 9.47. The molecule has 1 N–H and O–H groups in total. The quantitative estimate of drug-likeness (QED) is 0.677. The largest absolute Gasteiger partial charge is 0.462 e. The van der Waals surface area contributed by atoms with Gasteiger partial charge in [0.1, 0.15) is 0 Å². The topological polar surface area (TPSA) is 70.1 Å². The van der Waals surface area contributed by atoms with E-state index in [4.69, 9.17) is 4.74 Å². The Balaban J connectivity index is 1.57. The summed E-state index contributed by atoms with van der Waals surface area (Å²) in [5.41, 5.74) is -1.70. The lowest BCUT2D eigenvalue weighted by molar-refractivity contribution is -0.139. The first-order valence-corrected chi connectivity index (χ1v) is 11.8. The first-order valence-electron chi connectivity index (χ1n) is 11.8. The molecule has 0 bridgehead atoms. The number of aliphatic hydroxyl groups excluding tert-OH is 1. The third kappa shape index (κ3) is 4.69. The Kier molecular flexibility index (Phi) is 6.62. The fourth-order valence-electron chi connectivity index (χ4n) is 5.66. The number of benzene rings is 1. The monoisotopic (exact) mass is 468 g/mol. The molecule has 0 aromatic heterocycles. The lowest BCUT2D eigenvalue weighted by Crippen LogP contribution is -2.50. The number of halogens is 3. The summed E-state index contributed by atoms with van der Waals surface area (Å²) in [7, 11) is 0. The maximum atomic E-state index is 13.9. The van der Waals surface area contributed by atoms with Crippen LogP contribution in [0, 0.1) is 5.41 Å². The number of alkyl halides is 3. The minimum Gasteiger partial charge on any atom is -0.462 e. The van der Waals surface area contributed by atoms with Crippen molar-refractivity contribution in [2.24, 2.45) is 5.41 Å². The Hall–Kier alpha value is -2.29. The van der Waals surface area contributed by atoms with Gasteiger partial charge in [0.2, 0.25) is 5.91 Å². The SMILES string of the molecule is CCOC(=O)c1ccc(N2CCC[C@@]3(CCN(C4CCC(O)CC4)C3=O)C2)c(C(F)(F)F)c1. The average Bonchev–Trinajstić information content (AvgIpc) is 3.09.